The zero-order chi connectivity index (χ0) is 15.2. The van der Waals surface area contributed by atoms with Crippen molar-refractivity contribution < 1.29 is 4.74 Å². The second kappa shape index (κ2) is 7.59. The topological polar surface area (TPSA) is 47.3 Å². The number of methoxy groups -OCH3 is 1. The minimum absolute atomic E-state index is 0.143. The molecular weight excluding hydrogens is 328 g/mol. The lowest BCUT2D eigenvalue weighted by atomic mass is 9.98. The molecule has 1 atom stereocenters. The Kier molecular flexibility index (Phi) is 5.79. The second-order valence-corrected chi connectivity index (χ2v) is 5.97. The average Bonchev–Trinajstić information content (AvgIpc) is 2.52. The molecule has 2 aromatic carbocycles. The molecule has 3 N–H and O–H groups in total. The van der Waals surface area contributed by atoms with Crippen LogP contribution in [0.5, 0.6) is 5.75 Å². The molecule has 0 aliphatic heterocycles. The summed E-state index contributed by atoms with van der Waals surface area (Å²) in [5.41, 5.74) is 6.62. The van der Waals surface area contributed by atoms with Crippen molar-refractivity contribution in [3.05, 3.63) is 63.6 Å². The summed E-state index contributed by atoms with van der Waals surface area (Å²) in [4.78, 5) is 0. The summed E-state index contributed by atoms with van der Waals surface area (Å²) in [6.07, 6.45) is 1.91. The molecule has 4 heteroatoms. The molecule has 0 heterocycles. The zero-order valence-electron chi connectivity index (χ0n) is 12.4. The largest absolute Gasteiger partial charge is 0.497 e. The summed E-state index contributed by atoms with van der Waals surface area (Å²) in [5, 5.41) is 0. The number of benzene rings is 2. The molecule has 0 saturated carbocycles. The van der Waals surface area contributed by atoms with Crippen molar-refractivity contribution in [1.82, 2.24) is 5.43 Å². The van der Waals surface area contributed by atoms with E-state index in [9.17, 15) is 0 Å². The normalized spacial score (nSPS) is 12.2. The van der Waals surface area contributed by atoms with Gasteiger partial charge < -0.3 is 4.74 Å². The van der Waals surface area contributed by atoms with Crippen molar-refractivity contribution in [3.63, 3.8) is 0 Å². The van der Waals surface area contributed by atoms with Crippen LogP contribution < -0.4 is 16.0 Å². The van der Waals surface area contributed by atoms with Gasteiger partial charge >= 0.3 is 0 Å². The molecule has 0 aromatic heterocycles. The predicted molar refractivity (Wildman–Crippen MR) is 90.3 cm³/mol. The van der Waals surface area contributed by atoms with Crippen LogP contribution in [-0.4, -0.2) is 7.11 Å². The van der Waals surface area contributed by atoms with Crippen molar-refractivity contribution >= 4 is 15.9 Å². The molecule has 21 heavy (non-hydrogen) atoms. The van der Waals surface area contributed by atoms with Crippen LogP contribution in [0.4, 0.5) is 0 Å². The number of nitrogens with one attached hydrogen (secondary N) is 1. The van der Waals surface area contributed by atoms with Crippen molar-refractivity contribution in [2.24, 2.45) is 5.84 Å². The molecule has 0 bridgehead atoms. The molecule has 0 aliphatic rings. The molecular formula is C17H21BrN2O. The lowest BCUT2D eigenvalue weighted by Crippen LogP contribution is -2.28. The van der Waals surface area contributed by atoms with E-state index in [4.69, 9.17) is 10.6 Å². The second-order valence-electron chi connectivity index (χ2n) is 5.11. The van der Waals surface area contributed by atoms with Gasteiger partial charge in [-0.1, -0.05) is 40.2 Å². The highest BCUT2D eigenvalue weighted by Crippen LogP contribution is 2.24. The van der Waals surface area contributed by atoms with E-state index in [1.54, 1.807) is 7.11 Å². The fraction of sp³-hybridized carbons (Fsp3) is 0.294. The van der Waals surface area contributed by atoms with Gasteiger partial charge in [0.1, 0.15) is 5.75 Å². The first-order chi connectivity index (χ1) is 10.1. The number of hydrogen-bond acceptors (Lipinski definition) is 3. The lowest BCUT2D eigenvalue weighted by molar-refractivity contribution is 0.414. The van der Waals surface area contributed by atoms with Crippen molar-refractivity contribution in [3.8, 4) is 5.75 Å². The summed E-state index contributed by atoms with van der Waals surface area (Å²) in [6.45, 7) is 2.08. The van der Waals surface area contributed by atoms with E-state index < -0.39 is 0 Å². The fourth-order valence-electron chi connectivity index (χ4n) is 2.28. The van der Waals surface area contributed by atoms with Gasteiger partial charge in [0.25, 0.3) is 0 Å². The number of aryl methyl sites for hydroxylation is 2. The Morgan fingerprint density at radius 3 is 2.48 bits per heavy atom. The van der Waals surface area contributed by atoms with Crippen LogP contribution in [0, 0.1) is 6.92 Å². The van der Waals surface area contributed by atoms with Crippen molar-refractivity contribution in [1.29, 1.82) is 0 Å². The maximum atomic E-state index is 5.72. The van der Waals surface area contributed by atoms with Gasteiger partial charge in [0.2, 0.25) is 0 Å². The molecule has 0 saturated heterocycles. The average molecular weight is 349 g/mol. The Morgan fingerprint density at radius 1 is 1.19 bits per heavy atom. The highest BCUT2D eigenvalue weighted by molar-refractivity contribution is 9.10. The summed E-state index contributed by atoms with van der Waals surface area (Å²) in [6, 6.07) is 14.7. The van der Waals surface area contributed by atoms with Gasteiger partial charge in [-0.2, -0.15) is 0 Å². The molecule has 1 unspecified atom stereocenters. The van der Waals surface area contributed by atoms with E-state index in [-0.39, 0.29) is 6.04 Å². The third kappa shape index (κ3) is 4.30. The molecule has 3 nitrogen and oxygen atoms in total. The van der Waals surface area contributed by atoms with Crippen LogP contribution >= 0.6 is 15.9 Å². The van der Waals surface area contributed by atoms with Crippen LogP contribution in [-0.2, 0) is 6.42 Å². The third-order valence-corrected chi connectivity index (χ3v) is 4.53. The molecule has 2 aromatic rings. The number of hydrogen-bond donors (Lipinski definition) is 2. The smallest absolute Gasteiger partial charge is 0.118 e. The van der Waals surface area contributed by atoms with Crippen LogP contribution in [0.1, 0.15) is 29.2 Å². The van der Waals surface area contributed by atoms with Crippen LogP contribution in [0.15, 0.2) is 46.9 Å². The van der Waals surface area contributed by atoms with Gasteiger partial charge in [0, 0.05) is 10.5 Å². The minimum Gasteiger partial charge on any atom is -0.497 e. The minimum atomic E-state index is 0.143. The summed E-state index contributed by atoms with van der Waals surface area (Å²) in [5.74, 6) is 6.60. The third-order valence-electron chi connectivity index (χ3n) is 3.68. The highest BCUT2D eigenvalue weighted by Gasteiger charge is 2.11. The highest BCUT2D eigenvalue weighted by atomic mass is 79.9. The van der Waals surface area contributed by atoms with E-state index in [2.05, 4.69) is 58.6 Å². The monoisotopic (exact) mass is 348 g/mol. The number of hydrazine groups is 1. The maximum Gasteiger partial charge on any atom is 0.118 e. The standard InChI is InChI=1S/C17H21BrN2O/c1-12-3-7-14(11-16(12)18)17(20-19)10-6-13-4-8-15(21-2)9-5-13/h3-5,7-9,11,17,20H,6,10,19H2,1-2H3. The van der Waals surface area contributed by atoms with Crippen molar-refractivity contribution in [2.75, 3.05) is 7.11 Å². The van der Waals surface area contributed by atoms with Gasteiger partial charge in [0.05, 0.1) is 7.11 Å². The first-order valence-corrected chi connectivity index (χ1v) is 7.78. The molecule has 112 valence electrons. The molecule has 0 amide bonds. The van der Waals surface area contributed by atoms with Gasteiger partial charge in [-0.15, -0.1) is 0 Å². The van der Waals surface area contributed by atoms with E-state index in [1.165, 1.54) is 16.7 Å². The maximum absolute atomic E-state index is 5.72. The summed E-state index contributed by atoms with van der Waals surface area (Å²) in [7, 11) is 1.68. The summed E-state index contributed by atoms with van der Waals surface area (Å²) < 4.78 is 6.29. The molecule has 0 fully saturated rings. The Balaban J connectivity index is 2.02. The first-order valence-electron chi connectivity index (χ1n) is 6.99. The number of nitrogens with two attached hydrogens (primary N) is 1. The quantitative estimate of drug-likeness (QED) is 0.614. The molecule has 0 spiro atoms. The Morgan fingerprint density at radius 2 is 1.90 bits per heavy atom. The number of ether oxygens (including phenoxy) is 1. The number of halogens is 1. The molecule has 0 aliphatic carbocycles. The van der Waals surface area contributed by atoms with E-state index >= 15 is 0 Å². The predicted octanol–water partition coefficient (Wildman–Crippen LogP) is 3.90. The van der Waals surface area contributed by atoms with Gasteiger partial charge in [0.15, 0.2) is 0 Å². The van der Waals surface area contributed by atoms with Gasteiger partial charge in [-0.25, -0.2) is 0 Å². The fourth-order valence-corrected chi connectivity index (χ4v) is 2.67. The Labute approximate surface area is 134 Å². The zero-order valence-corrected chi connectivity index (χ0v) is 14.0. The Hall–Kier alpha value is -1.36. The van der Waals surface area contributed by atoms with Crippen LogP contribution in [0.2, 0.25) is 0 Å². The first kappa shape index (κ1) is 16.0. The molecule has 2 rings (SSSR count). The van der Waals surface area contributed by atoms with E-state index in [1.807, 2.05) is 12.1 Å². The van der Waals surface area contributed by atoms with Crippen molar-refractivity contribution in [2.45, 2.75) is 25.8 Å². The van der Waals surface area contributed by atoms with Gasteiger partial charge in [-0.05, 0) is 54.7 Å². The Bertz CT molecular complexity index is 584. The molecule has 0 radical (unpaired) electrons. The lowest BCUT2D eigenvalue weighted by Gasteiger charge is -2.17. The van der Waals surface area contributed by atoms with Crippen LogP contribution in [0.25, 0.3) is 0 Å². The van der Waals surface area contributed by atoms with Gasteiger partial charge in [-0.3, -0.25) is 11.3 Å². The van der Waals surface area contributed by atoms with E-state index in [0.717, 1.165) is 23.1 Å². The number of rotatable bonds is 6. The summed E-state index contributed by atoms with van der Waals surface area (Å²) >= 11 is 3.57. The van der Waals surface area contributed by atoms with Crippen LogP contribution in [0.3, 0.4) is 0 Å². The SMILES string of the molecule is COc1ccc(CCC(NN)c2ccc(C)c(Br)c2)cc1. The van der Waals surface area contributed by atoms with E-state index in [0.29, 0.717) is 0 Å².